The van der Waals surface area contributed by atoms with Crippen molar-refractivity contribution in [3.8, 4) is 68.6 Å². The number of hydrogen-bond donors (Lipinski definition) is 20. The first-order chi connectivity index (χ1) is 63.3. The molecule has 716 valence electrons. The van der Waals surface area contributed by atoms with Gasteiger partial charge < -0.3 is 148 Å². The molecule has 133 heavy (non-hydrogen) atoms. The number of aliphatic hydroxyl groups excluding tert-OH is 6. The molecular formula is C94H115Cl2N11O26. The van der Waals surface area contributed by atoms with Gasteiger partial charge in [0.1, 0.15) is 107 Å². The number of nitrogens with two attached hydrogens (primary N) is 2. The summed E-state index contributed by atoms with van der Waals surface area (Å²) in [7, 11) is 1.49. The summed E-state index contributed by atoms with van der Waals surface area (Å²) in [6.07, 6.45) is -17.9. The summed E-state index contributed by atoms with van der Waals surface area (Å²) in [5.41, 5.74) is 8.57. The number of amides is 8. The van der Waals surface area contributed by atoms with Crippen molar-refractivity contribution in [2.75, 3.05) is 20.2 Å². The van der Waals surface area contributed by atoms with Crippen LogP contribution in [0.25, 0.3) is 11.1 Å². The lowest BCUT2D eigenvalue weighted by atomic mass is 9.84. The third-order valence-electron chi connectivity index (χ3n) is 24.5. The van der Waals surface area contributed by atoms with E-state index < -0.39 is 244 Å². The maximum Gasteiger partial charge on any atom is 0.248 e. The van der Waals surface area contributed by atoms with E-state index in [1.165, 1.54) is 51.2 Å². The number of para-hydroxylation sites is 1. The number of nitrogens with one attached hydrogen (secondary N) is 9. The summed E-state index contributed by atoms with van der Waals surface area (Å²) < 4.78 is 59.5. The fraction of sp³-hybridized carbons (Fsp3) is 0.468. The Kier molecular flexibility index (Phi) is 32.2. The number of carbonyl (C=O) groups excluding carboxylic acids is 8. The van der Waals surface area contributed by atoms with Crippen LogP contribution in [0.3, 0.4) is 0 Å². The van der Waals surface area contributed by atoms with Crippen molar-refractivity contribution in [1.82, 2.24) is 47.9 Å². The van der Waals surface area contributed by atoms with E-state index >= 15 is 28.8 Å². The van der Waals surface area contributed by atoms with Gasteiger partial charge >= 0.3 is 0 Å². The van der Waals surface area contributed by atoms with Crippen molar-refractivity contribution in [3.05, 3.63) is 177 Å². The number of aliphatic hydroxyl groups is 6. The Labute approximate surface area is 776 Å². The number of carbonyl (C=O) groups is 8. The van der Waals surface area contributed by atoms with Gasteiger partial charge in [-0.2, -0.15) is 0 Å². The molecule has 8 aliphatic rings. The number of benzene rings is 7. The van der Waals surface area contributed by atoms with Crippen LogP contribution in [0.1, 0.15) is 176 Å². The predicted molar refractivity (Wildman–Crippen MR) is 480 cm³/mol. The lowest BCUT2D eigenvalue weighted by Crippen LogP contribution is -2.65. The molecule has 3 saturated heterocycles. The minimum Gasteiger partial charge on any atom is -0.508 e. The highest BCUT2D eigenvalue weighted by Crippen LogP contribution is 2.51. The SMILES string of the molecule is CCCCCCCCNC(=O)C1NC(=O)[C@H]2NC(=O)[C@H](NC(=O)[C@@H]3NC(=O)[C@H](CC(N)=O)NC(=O)[C@H](NC(=O)[C@@H](CC(C)C)NC)[C@H](O)c4ccc(c(Cl)c4)Oc4cc3cc(c4O[C@@H]3O[C@H](CO)[C@@H](O)[C@H](O)[C@H]3O[C@H]3C[C@](C)(NCc4ccc(Oc5ccccc5)cc4)[C@@H](O)[C@H](C)O3)Oc3ccc(cc3Cl)[C@H]2O[C@H]2C[C@](C)(N)[C@@H](O)[C@H](C)O2)c2ccc(O)c(c2)-c2c(O)cc(O)cc21. The van der Waals surface area contributed by atoms with Crippen molar-refractivity contribution >= 4 is 70.5 Å². The van der Waals surface area contributed by atoms with Crippen LogP contribution >= 0.6 is 23.2 Å². The minimum atomic E-state index is -2.38. The predicted octanol–water partition coefficient (Wildman–Crippen LogP) is 6.36. The van der Waals surface area contributed by atoms with Gasteiger partial charge in [0.25, 0.3) is 0 Å². The van der Waals surface area contributed by atoms with Crippen LogP contribution < -0.4 is 78.3 Å². The summed E-state index contributed by atoms with van der Waals surface area (Å²) in [4.78, 5) is 124. The second kappa shape index (κ2) is 43.1. The number of primary amides is 1. The summed E-state index contributed by atoms with van der Waals surface area (Å²) in [5, 5.41) is 131. The van der Waals surface area contributed by atoms with Crippen LogP contribution in [0, 0.1) is 5.92 Å². The molecule has 0 radical (unpaired) electrons. The minimum absolute atomic E-state index is 0.0427. The Morgan fingerprint density at radius 3 is 1.89 bits per heavy atom. The highest BCUT2D eigenvalue weighted by atomic mass is 35.5. The molecule has 7 aromatic rings. The van der Waals surface area contributed by atoms with E-state index in [1.807, 2.05) is 56.3 Å². The zero-order valence-corrected chi connectivity index (χ0v) is 75.9. The number of likely N-dealkylation sites (N-methyl/N-ethyl adjacent to an activating group) is 1. The number of fused-ring (bicyclic) bond motifs is 15. The monoisotopic (exact) mass is 1880 g/mol. The summed E-state index contributed by atoms with van der Waals surface area (Å²) in [6, 6.07) is 17.3. The number of phenolic OH excluding ortho intramolecular Hbond substituents is 3. The molecule has 0 aromatic heterocycles. The fourth-order valence-corrected chi connectivity index (χ4v) is 17.7. The Morgan fingerprint density at radius 1 is 0.632 bits per heavy atom. The summed E-state index contributed by atoms with van der Waals surface area (Å²) >= 11 is 14.8. The lowest BCUT2D eigenvalue weighted by molar-refractivity contribution is -0.334. The smallest absolute Gasteiger partial charge is 0.248 e. The van der Waals surface area contributed by atoms with E-state index in [9.17, 15) is 55.5 Å². The second-order valence-corrected chi connectivity index (χ2v) is 36.1. The highest BCUT2D eigenvalue weighted by molar-refractivity contribution is 6.32. The third kappa shape index (κ3) is 23.3. The normalized spacial score (nSPS) is 28.6. The molecule has 0 spiro atoms. The van der Waals surface area contributed by atoms with Gasteiger partial charge in [0, 0.05) is 54.2 Å². The maximum absolute atomic E-state index is 16.8. The van der Waals surface area contributed by atoms with Gasteiger partial charge in [-0.1, -0.05) is 125 Å². The molecule has 37 nitrogen and oxygen atoms in total. The van der Waals surface area contributed by atoms with Crippen LogP contribution in [0.5, 0.6) is 57.5 Å². The lowest BCUT2D eigenvalue weighted by Gasteiger charge is -2.48. The van der Waals surface area contributed by atoms with Gasteiger partial charge in [-0.3, -0.25) is 38.4 Å². The summed E-state index contributed by atoms with van der Waals surface area (Å²) in [6.45, 7) is 11.3. The van der Waals surface area contributed by atoms with Gasteiger partial charge in [0.2, 0.25) is 59.3 Å². The van der Waals surface area contributed by atoms with E-state index in [1.54, 1.807) is 26.0 Å². The average molecular weight is 1890 g/mol. The highest BCUT2D eigenvalue weighted by Gasteiger charge is 2.53. The standard InChI is InChI=1S/C94H115Cl2N11O26/c1-9-10-11-12-13-17-30-100-87(120)74-56-37-52(109)38-62(111)71(56)55-32-48(22-27-61(55)110)72-88(121)107-76(91(124)105-74)80(131-69-40-93(6,98)83(116)45(4)125-69)50-24-29-64(58(96)34-50)129-66-36-51-35-65(128-63-28-23-49(33-57(63)95)77(113)75(106-85(118)59(99-8)31-44(2)3)90(123)102-60(39-68(97)112)86(119)103-73(51)89(122)104-72)81(66)133-92-82(79(115)78(114)67(43-108)130-92)132-70-41-94(7,84(117)46(5)126-70)101-42-47-20-25-54(26-21-47)127-53-18-15-14-16-19-53/h14-16,18-29,32-38,44-46,59-60,67,69-70,72-80,82-84,92,99,101,108-111,113-117H,9-13,17,30-31,39-43,98H2,1-8H3,(H2,97,112)(H,100,120)(H,102,123)(H,103,119)(H,104,122)(H,105,124)(H,106,118)(H,107,121)/t45-,46-,59+,60-,67+,69-,70-,72+,73+,74?,75+,76-,77+,78+,79-,80+,82+,83-,84-,92-,93-,94-/m0/s1. The molecule has 0 saturated carbocycles. The number of unbranched alkanes of at least 4 members (excludes halogenated alkanes) is 5. The number of ether oxygens (including phenoxy) is 9. The number of phenols is 3. The molecule has 22 N–H and O–H groups in total. The first-order valence-corrected chi connectivity index (χ1v) is 45.0. The topological polar surface area (TPSA) is 562 Å². The Bertz CT molecular complexity index is 5380. The van der Waals surface area contributed by atoms with E-state index in [-0.39, 0.29) is 82.6 Å². The molecule has 39 heteroatoms. The molecule has 7 aromatic carbocycles. The first kappa shape index (κ1) is 99.4. The van der Waals surface area contributed by atoms with Crippen LogP contribution in [-0.2, 0) is 68.6 Å². The Hall–Kier alpha value is -11.1. The number of aromatic hydroxyl groups is 3. The zero-order valence-electron chi connectivity index (χ0n) is 74.4. The summed E-state index contributed by atoms with van der Waals surface area (Å²) in [5.74, 6) is -13.3. The van der Waals surface area contributed by atoms with Crippen LogP contribution in [-0.4, -0.2) is 216 Å². The van der Waals surface area contributed by atoms with Crippen LogP contribution in [0.4, 0.5) is 0 Å². The average Bonchev–Trinajstić information content (AvgIpc) is 0.759. The van der Waals surface area contributed by atoms with E-state index in [4.69, 9.17) is 77.3 Å². The molecule has 8 aliphatic heterocycles. The quantitative estimate of drug-likeness (QED) is 0.0249. The third-order valence-corrected chi connectivity index (χ3v) is 25.1. The fourth-order valence-electron chi connectivity index (χ4n) is 17.2. The van der Waals surface area contributed by atoms with Crippen molar-refractivity contribution in [2.45, 2.75) is 252 Å². The number of rotatable bonds is 27. The number of hydrogen-bond acceptors (Lipinski definition) is 29. The largest absolute Gasteiger partial charge is 0.508 e. The Morgan fingerprint density at radius 2 is 1.25 bits per heavy atom. The maximum atomic E-state index is 16.8. The number of halogens is 2. The van der Waals surface area contributed by atoms with Crippen LogP contribution in [0.2, 0.25) is 10.0 Å². The van der Waals surface area contributed by atoms with E-state index in [2.05, 4.69) is 54.8 Å². The van der Waals surface area contributed by atoms with Crippen molar-refractivity contribution in [2.24, 2.45) is 17.4 Å². The molecular weight excluding hydrogens is 1770 g/mol. The molecule has 15 rings (SSSR count). The molecule has 8 heterocycles. The molecule has 0 aliphatic carbocycles. The van der Waals surface area contributed by atoms with E-state index in [0.29, 0.717) is 24.3 Å². The van der Waals surface area contributed by atoms with Gasteiger partial charge in [0.15, 0.2) is 30.2 Å². The van der Waals surface area contributed by atoms with Crippen molar-refractivity contribution in [3.63, 3.8) is 0 Å². The van der Waals surface area contributed by atoms with Crippen LogP contribution in [0.15, 0.2) is 133 Å². The second-order valence-electron chi connectivity index (χ2n) is 35.3. The molecule has 1 unspecified atom stereocenters. The van der Waals surface area contributed by atoms with Gasteiger partial charge in [-0.15, -0.1) is 0 Å². The van der Waals surface area contributed by atoms with Crippen molar-refractivity contribution < 1.29 is 127 Å². The molecule has 11 bridgehead atoms. The van der Waals surface area contributed by atoms with Gasteiger partial charge in [-0.05, 0) is 166 Å². The zero-order chi connectivity index (χ0) is 95.8. The van der Waals surface area contributed by atoms with E-state index in [0.717, 1.165) is 79.8 Å². The Balaban J connectivity index is 1.01. The molecule has 22 atom stereocenters. The first-order valence-electron chi connectivity index (χ1n) is 44.2. The van der Waals surface area contributed by atoms with Crippen molar-refractivity contribution in [1.29, 1.82) is 0 Å². The molecule has 3 fully saturated rings. The molecule has 8 amide bonds. The van der Waals surface area contributed by atoms with Gasteiger partial charge in [-0.25, -0.2) is 0 Å². The van der Waals surface area contributed by atoms with Gasteiger partial charge in [0.05, 0.1) is 53.5 Å².